The number of nitrogens with two attached hydrogens (primary N) is 1. The van der Waals surface area contributed by atoms with E-state index in [0.29, 0.717) is 18.3 Å². The van der Waals surface area contributed by atoms with Crippen LogP contribution in [-0.2, 0) is 0 Å². The zero-order chi connectivity index (χ0) is 13.1. The smallest absolute Gasteiger partial charge is 0.254 e. The Hall–Kier alpha value is -1.62. The Kier molecular flexibility index (Phi) is 3.81. The van der Waals surface area contributed by atoms with E-state index in [1.54, 1.807) is 0 Å². The highest BCUT2D eigenvalue weighted by Gasteiger charge is 2.25. The summed E-state index contributed by atoms with van der Waals surface area (Å²) < 4.78 is 13.5. The largest absolute Gasteiger partial charge is 0.399 e. The molecule has 18 heavy (non-hydrogen) atoms. The number of hydrogen-bond acceptors (Lipinski definition) is 3. The van der Waals surface area contributed by atoms with Crippen LogP contribution in [0.15, 0.2) is 18.2 Å². The van der Waals surface area contributed by atoms with Crippen molar-refractivity contribution >= 4 is 11.6 Å². The minimum Gasteiger partial charge on any atom is -0.399 e. The van der Waals surface area contributed by atoms with E-state index in [1.165, 1.54) is 25.0 Å². The van der Waals surface area contributed by atoms with E-state index in [1.807, 2.05) is 7.05 Å². The molecule has 0 saturated heterocycles. The number of amides is 1. The van der Waals surface area contributed by atoms with Crippen LogP contribution in [0.2, 0.25) is 0 Å². The van der Waals surface area contributed by atoms with E-state index in [0.717, 1.165) is 12.6 Å². The van der Waals surface area contributed by atoms with Gasteiger partial charge in [0, 0.05) is 24.8 Å². The molecular formula is C13H18FN3O. The number of anilines is 1. The van der Waals surface area contributed by atoms with Crippen LogP contribution in [0.1, 0.15) is 23.2 Å². The lowest BCUT2D eigenvalue weighted by Gasteiger charge is -2.15. The second kappa shape index (κ2) is 5.35. The van der Waals surface area contributed by atoms with E-state index >= 15 is 0 Å². The van der Waals surface area contributed by atoms with Crippen LogP contribution < -0.4 is 11.1 Å². The van der Waals surface area contributed by atoms with E-state index in [-0.39, 0.29) is 5.56 Å². The van der Waals surface area contributed by atoms with Crippen LogP contribution in [0.25, 0.3) is 0 Å². The number of nitrogen functional groups attached to an aromatic ring is 1. The predicted octanol–water partition coefficient (Wildman–Crippen LogP) is 1.23. The first-order valence-electron chi connectivity index (χ1n) is 6.11. The van der Waals surface area contributed by atoms with Crippen molar-refractivity contribution in [3.63, 3.8) is 0 Å². The molecule has 1 amide bonds. The van der Waals surface area contributed by atoms with E-state index in [4.69, 9.17) is 5.73 Å². The molecule has 0 heterocycles. The highest BCUT2D eigenvalue weighted by molar-refractivity contribution is 5.94. The predicted molar refractivity (Wildman–Crippen MR) is 68.8 cm³/mol. The molecular weight excluding hydrogens is 233 g/mol. The molecule has 0 spiro atoms. The Balaban J connectivity index is 1.83. The molecule has 5 heteroatoms. The topological polar surface area (TPSA) is 58.4 Å². The summed E-state index contributed by atoms with van der Waals surface area (Å²) in [7, 11) is 2.04. The number of hydrogen-bond donors (Lipinski definition) is 2. The van der Waals surface area contributed by atoms with Gasteiger partial charge in [-0.3, -0.25) is 4.79 Å². The summed E-state index contributed by atoms with van der Waals surface area (Å²) in [5, 5.41) is 2.71. The third kappa shape index (κ3) is 3.20. The van der Waals surface area contributed by atoms with E-state index < -0.39 is 11.7 Å². The number of rotatable bonds is 5. The van der Waals surface area contributed by atoms with Crippen molar-refractivity contribution in [2.45, 2.75) is 18.9 Å². The van der Waals surface area contributed by atoms with Crippen molar-refractivity contribution in [3.05, 3.63) is 29.6 Å². The molecule has 1 aliphatic rings. The summed E-state index contributed by atoms with van der Waals surface area (Å²) in [4.78, 5) is 13.9. The zero-order valence-electron chi connectivity index (χ0n) is 10.4. The van der Waals surface area contributed by atoms with E-state index in [9.17, 15) is 9.18 Å². The summed E-state index contributed by atoms with van der Waals surface area (Å²) in [6.07, 6.45) is 2.47. The third-order valence-electron chi connectivity index (χ3n) is 3.16. The molecule has 1 aromatic carbocycles. The van der Waals surface area contributed by atoms with Gasteiger partial charge in [-0.05, 0) is 38.1 Å². The van der Waals surface area contributed by atoms with Crippen molar-refractivity contribution in [2.24, 2.45) is 0 Å². The van der Waals surface area contributed by atoms with Gasteiger partial charge in [0.2, 0.25) is 0 Å². The molecule has 3 N–H and O–H groups in total. The first kappa shape index (κ1) is 12.8. The highest BCUT2D eigenvalue weighted by atomic mass is 19.1. The lowest BCUT2D eigenvalue weighted by molar-refractivity contribution is 0.0945. The van der Waals surface area contributed by atoms with Crippen LogP contribution >= 0.6 is 0 Å². The van der Waals surface area contributed by atoms with Gasteiger partial charge < -0.3 is 16.0 Å². The van der Waals surface area contributed by atoms with Gasteiger partial charge in [-0.2, -0.15) is 0 Å². The maximum atomic E-state index is 13.5. The van der Waals surface area contributed by atoms with Gasteiger partial charge >= 0.3 is 0 Å². The lowest BCUT2D eigenvalue weighted by Crippen LogP contribution is -2.34. The fourth-order valence-corrected chi connectivity index (χ4v) is 1.85. The number of carbonyl (C=O) groups is 1. The summed E-state index contributed by atoms with van der Waals surface area (Å²) >= 11 is 0. The zero-order valence-corrected chi connectivity index (χ0v) is 10.4. The molecule has 1 saturated carbocycles. The van der Waals surface area contributed by atoms with Gasteiger partial charge in [0.05, 0.1) is 5.56 Å². The fourth-order valence-electron chi connectivity index (χ4n) is 1.85. The molecule has 1 aromatic rings. The Morgan fingerprint density at radius 2 is 2.28 bits per heavy atom. The molecule has 1 fully saturated rings. The van der Waals surface area contributed by atoms with Crippen molar-refractivity contribution in [3.8, 4) is 0 Å². The average Bonchev–Trinajstić information content (AvgIpc) is 3.12. The van der Waals surface area contributed by atoms with Crippen LogP contribution in [0.5, 0.6) is 0 Å². The number of nitrogens with one attached hydrogen (secondary N) is 1. The Bertz CT molecular complexity index is 446. The third-order valence-corrected chi connectivity index (χ3v) is 3.16. The number of halogens is 1. The van der Waals surface area contributed by atoms with Gasteiger partial charge in [-0.1, -0.05) is 0 Å². The molecule has 0 radical (unpaired) electrons. The summed E-state index contributed by atoms with van der Waals surface area (Å²) in [5.74, 6) is -0.972. The molecule has 98 valence electrons. The Morgan fingerprint density at radius 3 is 2.89 bits per heavy atom. The van der Waals surface area contributed by atoms with Crippen molar-refractivity contribution in [1.82, 2.24) is 10.2 Å². The fraction of sp³-hybridized carbons (Fsp3) is 0.462. The molecule has 0 aromatic heterocycles. The van der Waals surface area contributed by atoms with Gasteiger partial charge in [-0.15, -0.1) is 0 Å². The minimum atomic E-state index is -0.581. The van der Waals surface area contributed by atoms with Crippen LogP contribution in [0, 0.1) is 5.82 Å². The summed E-state index contributed by atoms with van der Waals surface area (Å²) in [6, 6.07) is 4.75. The van der Waals surface area contributed by atoms with Gasteiger partial charge in [0.25, 0.3) is 5.91 Å². The molecule has 0 aliphatic heterocycles. The first-order valence-corrected chi connectivity index (χ1v) is 6.11. The molecule has 4 nitrogen and oxygen atoms in total. The quantitative estimate of drug-likeness (QED) is 0.774. The van der Waals surface area contributed by atoms with Crippen LogP contribution in [-0.4, -0.2) is 37.0 Å². The van der Waals surface area contributed by atoms with Crippen molar-refractivity contribution in [1.29, 1.82) is 0 Å². The van der Waals surface area contributed by atoms with Crippen molar-refractivity contribution in [2.75, 3.05) is 25.9 Å². The molecule has 2 rings (SSSR count). The Morgan fingerprint density at radius 1 is 1.56 bits per heavy atom. The van der Waals surface area contributed by atoms with Crippen LogP contribution in [0.4, 0.5) is 10.1 Å². The van der Waals surface area contributed by atoms with Gasteiger partial charge in [-0.25, -0.2) is 4.39 Å². The average molecular weight is 251 g/mol. The number of carbonyl (C=O) groups excluding carboxylic acids is 1. The van der Waals surface area contributed by atoms with Gasteiger partial charge in [0.15, 0.2) is 0 Å². The lowest BCUT2D eigenvalue weighted by atomic mass is 10.2. The first-order chi connectivity index (χ1) is 8.58. The monoisotopic (exact) mass is 251 g/mol. The normalized spacial score (nSPS) is 14.8. The maximum Gasteiger partial charge on any atom is 0.254 e. The minimum absolute atomic E-state index is 0.0401. The van der Waals surface area contributed by atoms with Crippen molar-refractivity contribution < 1.29 is 9.18 Å². The van der Waals surface area contributed by atoms with Gasteiger partial charge in [0.1, 0.15) is 5.82 Å². The Labute approximate surface area is 106 Å². The second-order valence-electron chi connectivity index (χ2n) is 4.71. The highest BCUT2D eigenvalue weighted by Crippen LogP contribution is 2.24. The second-order valence-corrected chi connectivity index (χ2v) is 4.71. The number of nitrogens with zero attached hydrogens (tertiary/aromatic N) is 1. The molecule has 0 bridgehead atoms. The number of likely N-dealkylation sites (N-methyl/N-ethyl adjacent to an activating group) is 1. The molecule has 1 aliphatic carbocycles. The van der Waals surface area contributed by atoms with Crippen LogP contribution in [0.3, 0.4) is 0 Å². The molecule has 0 atom stereocenters. The summed E-state index contributed by atoms with van der Waals surface area (Å²) in [5.41, 5.74) is 5.79. The van der Waals surface area contributed by atoms with E-state index in [2.05, 4.69) is 10.2 Å². The summed E-state index contributed by atoms with van der Waals surface area (Å²) in [6.45, 7) is 1.31. The maximum absolute atomic E-state index is 13.5. The molecule has 0 unspecified atom stereocenters. The number of benzene rings is 1. The standard InChI is InChI=1S/C13H18FN3O/c1-17(10-3-4-10)7-6-16-13(18)11-5-2-9(15)8-12(11)14/h2,5,8,10H,3-4,6-7,15H2,1H3,(H,16,18). The SMILES string of the molecule is CN(CCNC(=O)c1ccc(N)cc1F)C1CC1.